The zero-order chi connectivity index (χ0) is 29.5. The molecule has 0 aliphatic rings. The number of amides is 2. The number of alkyl halides is 3. The zero-order valence-corrected chi connectivity index (χ0v) is 22.7. The fourth-order valence-corrected chi connectivity index (χ4v) is 5.30. The Bertz CT molecular complexity index is 1430. The molecule has 0 fully saturated rings. The fourth-order valence-electron chi connectivity index (χ4n) is 3.87. The van der Waals surface area contributed by atoms with Crippen molar-refractivity contribution in [3.05, 3.63) is 95.8 Å². The van der Waals surface area contributed by atoms with Crippen molar-refractivity contribution in [2.45, 2.75) is 43.9 Å². The van der Waals surface area contributed by atoms with Crippen LogP contribution in [-0.4, -0.2) is 44.3 Å². The summed E-state index contributed by atoms with van der Waals surface area (Å²) in [5, 5.41) is 2.65. The van der Waals surface area contributed by atoms with Gasteiger partial charge in [0.1, 0.15) is 18.4 Å². The number of anilines is 1. The average Bonchev–Trinajstić information content (AvgIpc) is 2.93. The molecule has 0 aromatic heterocycles. The minimum absolute atomic E-state index is 0.0718. The summed E-state index contributed by atoms with van der Waals surface area (Å²) >= 11 is 0. The predicted octanol–water partition coefficient (Wildman–Crippen LogP) is 4.98. The van der Waals surface area contributed by atoms with Gasteiger partial charge < -0.3 is 10.2 Å². The number of sulfonamides is 1. The molecule has 0 heterocycles. The van der Waals surface area contributed by atoms with E-state index in [2.05, 4.69) is 5.32 Å². The van der Waals surface area contributed by atoms with Crippen LogP contribution in [0.3, 0.4) is 0 Å². The summed E-state index contributed by atoms with van der Waals surface area (Å²) in [4.78, 5) is 27.3. The number of hydrogen-bond donors (Lipinski definition) is 1. The van der Waals surface area contributed by atoms with E-state index in [1.165, 1.54) is 55.5 Å². The Morgan fingerprint density at radius 1 is 0.950 bits per heavy atom. The summed E-state index contributed by atoms with van der Waals surface area (Å²) in [6.45, 7) is 2.22. The highest BCUT2D eigenvalue weighted by atomic mass is 32.2. The molecule has 0 unspecified atom stereocenters. The highest BCUT2D eigenvalue weighted by Crippen LogP contribution is 2.33. The predicted molar refractivity (Wildman–Crippen MR) is 142 cm³/mol. The number of halogens is 4. The lowest BCUT2D eigenvalue weighted by molar-refractivity contribution is -0.139. The number of benzene rings is 3. The van der Waals surface area contributed by atoms with E-state index in [1.54, 1.807) is 6.07 Å². The first-order chi connectivity index (χ1) is 18.9. The lowest BCUT2D eigenvalue weighted by Gasteiger charge is -2.32. The van der Waals surface area contributed by atoms with Gasteiger partial charge >= 0.3 is 6.18 Å². The van der Waals surface area contributed by atoms with Gasteiger partial charge in [0, 0.05) is 18.7 Å². The molecule has 0 aliphatic heterocycles. The molecule has 12 heteroatoms. The van der Waals surface area contributed by atoms with Crippen molar-refractivity contribution in [3.8, 4) is 0 Å². The number of hydrogen-bond acceptors (Lipinski definition) is 4. The summed E-state index contributed by atoms with van der Waals surface area (Å²) in [6, 6.07) is 14.9. The Hall–Kier alpha value is -3.93. The summed E-state index contributed by atoms with van der Waals surface area (Å²) in [6.07, 6.45) is -4.16. The van der Waals surface area contributed by atoms with Gasteiger partial charge in [-0.15, -0.1) is 0 Å². The van der Waals surface area contributed by atoms with Gasteiger partial charge in [0.2, 0.25) is 11.8 Å². The maximum absolute atomic E-state index is 14.5. The van der Waals surface area contributed by atoms with Gasteiger partial charge in [-0.25, -0.2) is 12.8 Å². The van der Waals surface area contributed by atoms with E-state index in [0.717, 1.165) is 23.1 Å². The monoisotopic (exact) mass is 579 g/mol. The van der Waals surface area contributed by atoms with E-state index in [4.69, 9.17) is 0 Å². The molecule has 1 atom stereocenters. The largest absolute Gasteiger partial charge is 0.416 e. The van der Waals surface area contributed by atoms with Crippen LogP contribution >= 0.6 is 0 Å². The number of rotatable bonds is 11. The van der Waals surface area contributed by atoms with Crippen LogP contribution in [0.4, 0.5) is 23.2 Å². The Morgan fingerprint density at radius 3 is 2.23 bits per heavy atom. The number of carbonyl (C=O) groups is 2. The standard InChI is InChI=1S/C28H29F4N3O4S/c1-3-16-33-27(37)20(2)34(18-21-10-7-8-15-25(21)29)26(36)19-35(40(38,39)24-13-5-4-6-14-24)23-12-9-11-22(17-23)28(30,31)32/h4-15,17,20H,3,16,18-19H2,1-2H3,(H,33,37)/t20-/m0/s1. The van der Waals surface area contributed by atoms with Crippen molar-refractivity contribution in [1.82, 2.24) is 10.2 Å². The molecule has 2 amide bonds. The minimum atomic E-state index is -4.77. The van der Waals surface area contributed by atoms with Crippen LogP contribution in [0.15, 0.2) is 83.8 Å². The molecular formula is C28H29F4N3O4S. The Morgan fingerprint density at radius 2 is 1.60 bits per heavy atom. The van der Waals surface area contributed by atoms with Gasteiger partial charge in [-0.2, -0.15) is 13.2 Å². The molecule has 3 rings (SSSR count). The molecular weight excluding hydrogens is 550 g/mol. The van der Waals surface area contributed by atoms with Crippen LogP contribution in [0.1, 0.15) is 31.4 Å². The lowest BCUT2D eigenvalue weighted by atomic mass is 10.1. The van der Waals surface area contributed by atoms with E-state index in [0.29, 0.717) is 23.3 Å². The van der Waals surface area contributed by atoms with Crippen LogP contribution in [0.5, 0.6) is 0 Å². The number of carbonyl (C=O) groups excluding carboxylic acids is 2. The normalized spacial score (nSPS) is 12.4. The average molecular weight is 580 g/mol. The maximum Gasteiger partial charge on any atom is 0.416 e. The van der Waals surface area contributed by atoms with Crippen LogP contribution < -0.4 is 9.62 Å². The molecule has 3 aromatic rings. The first-order valence-corrected chi connectivity index (χ1v) is 13.9. The first kappa shape index (κ1) is 30.6. The van der Waals surface area contributed by atoms with Gasteiger partial charge in [-0.1, -0.05) is 49.4 Å². The molecule has 0 saturated carbocycles. The highest BCUT2D eigenvalue weighted by Gasteiger charge is 2.35. The summed E-state index contributed by atoms with van der Waals surface area (Å²) in [7, 11) is -4.54. The Balaban J connectivity index is 2.08. The van der Waals surface area contributed by atoms with Crippen molar-refractivity contribution in [1.29, 1.82) is 0 Å². The lowest BCUT2D eigenvalue weighted by Crippen LogP contribution is -2.51. The van der Waals surface area contributed by atoms with Gasteiger partial charge in [0.25, 0.3) is 10.0 Å². The number of nitrogens with zero attached hydrogens (tertiary/aromatic N) is 2. The molecule has 3 aromatic carbocycles. The van der Waals surface area contributed by atoms with Crippen molar-refractivity contribution in [2.24, 2.45) is 0 Å². The van der Waals surface area contributed by atoms with E-state index >= 15 is 0 Å². The topological polar surface area (TPSA) is 86.8 Å². The molecule has 214 valence electrons. The third kappa shape index (κ3) is 7.38. The van der Waals surface area contributed by atoms with Crippen LogP contribution in [0.2, 0.25) is 0 Å². The van der Waals surface area contributed by atoms with E-state index in [1.807, 2.05) is 6.92 Å². The summed E-state index contributed by atoms with van der Waals surface area (Å²) in [5.41, 5.74) is -1.44. The van der Waals surface area contributed by atoms with Crippen LogP contribution in [-0.2, 0) is 32.3 Å². The fraction of sp³-hybridized carbons (Fsp3) is 0.286. The van der Waals surface area contributed by atoms with Gasteiger partial charge in [0.15, 0.2) is 0 Å². The minimum Gasteiger partial charge on any atom is -0.354 e. The number of nitrogens with one attached hydrogen (secondary N) is 1. The zero-order valence-electron chi connectivity index (χ0n) is 21.9. The highest BCUT2D eigenvalue weighted by molar-refractivity contribution is 7.92. The van der Waals surface area contributed by atoms with E-state index < -0.39 is 57.7 Å². The summed E-state index contributed by atoms with van der Waals surface area (Å²) < 4.78 is 82.9. The smallest absolute Gasteiger partial charge is 0.354 e. The van der Waals surface area contributed by atoms with E-state index in [9.17, 15) is 35.6 Å². The van der Waals surface area contributed by atoms with Crippen LogP contribution in [0, 0.1) is 5.82 Å². The van der Waals surface area contributed by atoms with E-state index in [-0.39, 0.29) is 17.0 Å². The second-order valence-corrected chi connectivity index (χ2v) is 10.8. The second-order valence-electron chi connectivity index (χ2n) is 8.95. The molecule has 0 saturated heterocycles. The Labute approximate surface area is 230 Å². The summed E-state index contributed by atoms with van der Waals surface area (Å²) in [5.74, 6) is -2.12. The molecule has 40 heavy (non-hydrogen) atoms. The second kappa shape index (κ2) is 12.9. The molecule has 0 bridgehead atoms. The van der Waals surface area contributed by atoms with Crippen LogP contribution in [0.25, 0.3) is 0 Å². The van der Waals surface area contributed by atoms with Crippen molar-refractivity contribution < 1.29 is 35.6 Å². The third-order valence-corrected chi connectivity index (χ3v) is 7.87. The first-order valence-electron chi connectivity index (χ1n) is 12.4. The third-order valence-electron chi connectivity index (χ3n) is 6.09. The Kier molecular flexibility index (Phi) is 9.91. The molecule has 0 spiro atoms. The van der Waals surface area contributed by atoms with Gasteiger partial charge in [-0.3, -0.25) is 13.9 Å². The quantitative estimate of drug-likeness (QED) is 0.325. The molecule has 0 radical (unpaired) electrons. The van der Waals surface area contributed by atoms with Crippen molar-refractivity contribution in [3.63, 3.8) is 0 Å². The van der Waals surface area contributed by atoms with Gasteiger partial charge in [0.05, 0.1) is 16.1 Å². The molecule has 0 aliphatic carbocycles. The molecule has 7 nitrogen and oxygen atoms in total. The maximum atomic E-state index is 14.5. The van der Waals surface area contributed by atoms with Crippen molar-refractivity contribution in [2.75, 3.05) is 17.4 Å². The SMILES string of the molecule is CCCNC(=O)[C@H](C)N(Cc1ccccc1F)C(=O)CN(c1cccc(C(F)(F)F)c1)S(=O)(=O)c1ccccc1. The van der Waals surface area contributed by atoms with Gasteiger partial charge in [-0.05, 0) is 49.7 Å². The van der Waals surface area contributed by atoms with Crippen molar-refractivity contribution >= 4 is 27.5 Å². The molecule has 1 N–H and O–H groups in total.